The summed E-state index contributed by atoms with van der Waals surface area (Å²) in [6, 6.07) is 7.56. The molecule has 0 spiro atoms. The Morgan fingerprint density at radius 1 is 1.26 bits per heavy atom. The van der Waals surface area contributed by atoms with E-state index < -0.39 is 6.04 Å². The molecular weight excluding hydrogens is 288 g/mol. The van der Waals surface area contributed by atoms with E-state index in [4.69, 9.17) is 11.5 Å². The number of benzene rings is 1. The molecule has 5 heteroatoms. The van der Waals surface area contributed by atoms with Gasteiger partial charge in [-0.15, -0.1) is 0 Å². The van der Waals surface area contributed by atoms with E-state index in [1.165, 1.54) is 5.56 Å². The molecule has 1 aromatic carbocycles. The molecule has 2 rings (SSSR count). The van der Waals surface area contributed by atoms with Crippen molar-refractivity contribution in [3.8, 4) is 0 Å². The number of likely N-dealkylation sites (N-methyl/N-ethyl adjacent to an activating group) is 1. The summed E-state index contributed by atoms with van der Waals surface area (Å²) in [5.74, 6) is -0.0330. The van der Waals surface area contributed by atoms with E-state index in [0.717, 1.165) is 36.7 Å². The number of fused-ring (bicyclic) bond motifs is 1. The quantitative estimate of drug-likeness (QED) is 0.729. The van der Waals surface area contributed by atoms with Crippen molar-refractivity contribution in [1.29, 1.82) is 0 Å². The number of nitrogens with two attached hydrogens (primary N) is 2. The molecule has 0 fully saturated rings. The fourth-order valence-electron chi connectivity index (χ4n) is 2.79. The lowest BCUT2D eigenvalue weighted by molar-refractivity contribution is 0.0879. The molecule has 4 N–H and O–H groups in total. The van der Waals surface area contributed by atoms with Gasteiger partial charge in [-0.25, -0.2) is 0 Å². The standard InChI is InChI=1S/C18H28N4O/c1-21(2)12-10-14-13-22(17-9-4-3-7-15(14)17)18(23)16(20)8-5-6-11-19/h3-4,7,9,13,16H,5-6,8,10-12,19-20H2,1-2H3. The highest BCUT2D eigenvalue weighted by molar-refractivity contribution is 5.96. The Labute approximate surface area is 138 Å². The highest BCUT2D eigenvalue weighted by Gasteiger charge is 2.19. The summed E-state index contributed by atoms with van der Waals surface area (Å²) in [6.07, 6.45) is 5.34. The number of hydrogen-bond acceptors (Lipinski definition) is 4. The van der Waals surface area contributed by atoms with Gasteiger partial charge in [-0.2, -0.15) is 0 Å². The number of aromatic nitrogens is 1. The molecule has 0 aliphatic rings. The molecule has 0 saturated heterocycles. The number of carbonyl (C=O) groups is 1. The molecule has 2 aromatic rings. The normalized spacial score (nSPS) is 12.9. The summed E-state index contributed by atoms with van der Waals surface area (Å²) in [5.41, 5.74) is 13.7. The Kier molecular flexibility index (Phi) is 6.33. The van der Waals surface area contributed by atoms with Crippen LogP contribution in [0.4, 0.5) is 0 Å². The Hall–Kier alpha value is -1.69. The van der Waals surface area contributed by atoms with Gasteiger partial charge in [0.2, 0.25) is 5.91 Å². The lowest BCUT2D eigenvalue weighted by Gasteiger charge is -2.11. The van der Waals surface area contributed by atoms with Crippen molar-refractivity contribution in [2.45, 2.75) is 31.7 Å². The molecule has 0 radical (unpaired) electrons. The van der Waals surface area contributed by atoms with Crippen molar-refractivity contribution in [2.24, 2.45) is 11.5 Å². The maximum absolute atomic E-state index is 12.7. The van der Waals surface area contributed by atoms with Gasteiger partial charge in [0.25, 0.3) is 0 Å². The molecule has 1 unspecified atom stereocenters. The smallest absolute Gasteiger partial charge is 0.247 e. The third-order valence-corrected chi connectivity index (χ3v) is 4.15. The molecule has 0 bridgehead atoms. The minimum absolute atomic E-state index is 0.0330. The SMILES string of the molecule is CN(C)CCc1cn(C(=O)C(N)CCCCN)c2ccccc12. The maximum Gasteiger partial charge on any atom is 0.247 e. The second-order valence-electron chi connectivity index (χ2n) is 6.32. The molecule has 1 heterocycles. The Balaban J connectivity index is 2.24. The van der Waals surface area contributed by atoms with Gasteiger partial charge in [0, 0.05) is 18.1 Å². The summed E-state index contributed by atoms with van der Waals surface area (Å²) in [4.78, 5) is 14.8. The molecule has 5 nitrogen and oxygen atoms in total. The third kappa shape index (κ3) is 4.41. The Morgan fingerprint density at radius 2 is 2.00 bits per heavy atom. The zero-order valence-electron chi connectivity index (χ0n) is 14.2. The van der Waals surface area contributed by atoms with Crippen molar-refractivity contribution < 1.29 is 4.79 Å². The minimum Gasteiger partial charge on any atom is -0.330 e. The van der Waals surface area contributed by atoms with Crippen molar-refractivity contribution in [3.05, 3.63) is 36.0 Å². The molecule has 0 aliphatic carbocycles. The highest BCUT2D eigenvalue weighted by atomic mass is 16.2. The van der Waals surface area contributed by atoms with Gasteiger partial charge in [0.05, 0.1) is 11.6 Å². The number of unbranched alkanes of at least 4 members (excludes halogenated alkanes) is 1. The lowest BCUT2D eigenvalue weighted by Crippen LogP contribution is -2.34. The van der Waals surface area contributed by atoms with E-state index in [-0.39, 0.29) is 5.91 Å². The first-order chi connectivity index (χ1) is 11.0. The monoisotopic (exact) mass is 316 g/mol. The molecule has 126 valence electrons. The van der Waals surface area contributed by atoms with E-state index >= 15 is 0 Å². The van der Waals surface area contributed by atoms with E-state index in [9.17, 15) is 4.79 Å². The van der Waals surface area contributed by atoms with Crippen molar-refractivity contribution >= 4 is 16.8 Å². The van der Waals surface area contributed by atoms with Crippen LogP contribution < -0.4 is 11.5 Å². The lowest BCUT2D eigenvalue weighted by atomic mass is 10.1. The largest absolute Gasteiger partial charge is 0.330 e. The third-order valence-electron chi connectivity index (χ3n) is 4.15. The van der Waals surface area contributed by atoms with Crippen LogP contribution in [0.2, 0.25) is 0 Å². The maximum atomic E-state index is 12.7. The minimum atomic E-state index is -0.473. The van der Waals surface area contributed by atoms with Crippen LogP contribution in [-0.2, 0) is 6.42 Å². The second-order valence-corrected chi connectivity index (χ2v) is 6.32. The van der Waals surface area contributed by atoms with Crippen LogP contribution in [0.3, 0.4) is 0 Å². The Morgan fingerprint density at radius 3 is 2.70 bits per heavy atom. The average Bonchev–Trinajstić information content (AvgIpc) is 2.91. The van der Waals surface area contributed by atoms with Gasteiger partial charge in [-0.05, 0) is 51.5 Å². The van der Waals surface area contributed by atoms with E-state index in [2.05, 4.69) is 25.1 Å². The molecular formula is C18H28N4O. The van der Waals surface area contributed by atoms with E-state index in [1.54, 1.807) is 4.57 Å². The van der Waals surface area contributed by atoms with Crippen LogP contribution >= 0.6 is 0 Å². The Bertz CT molecular complexity index is 648. The number of para-hydroxylation sites is 1. The average molecular weight is 316 g/mol. The van der Waals surface area contributed by atoms with Crippen LogP contribution in [0.5, 0.6) is 0 Å². The summed E-state index contributed by atoms with van der Waals surface area (Å²) in [7, 11) is 4.11. The topological polar surface area (TPSA) is 77.3 Å². The fourth-order valence-corrected chi connectivity index (χ4v) is 2.79. The number of nitrogens with zero attached hydrogens (tertiary/aromatic N) is 2. The second kappa shape index (κ2) is 8.24. The van der Waals surface area contributed by atoms with E-state index in [1.807, 2.05) is 24.4 Å². The van der Waals surface area contributed by atoms with Crippen LogP contribution in [0.25, 0.3) is 10.9 Å². The first kappa shape index (κ1) is 17.7. The fraction of sp³-hybridized carbons (Fsp3) is 0.500. The predicted octanol–water partition coefficient (Wildman–Crippen LogP) is 1.84. The van der Waals surface area contributed by atoms with Crippen molar-refractivity contribution in [2.75, 3.05) is 27.2 Å². The summed E-state index contributed by atoms with van der Waals surface area (Å²) >= 11 is 0. The predicted molar refractivity (Wildman–Crippen MR) is 95.7 cm³/mol. The zero-order valence-corrected chi connectivity index (χ0v) is 14.2. The molecule has 0 amide bonds. The summed E-state index contributed by atoms with van der Waals surface area (Å²) in [5, 5.41) is 1.14. The first-order valence-electron chi connectivity index (χ1n) is 8.28. The van der Waals surface area contributed by atoms with Crippen LogP contribution in [0.1, 0.15) is 29.6 Å². The van der Waals surface area contributed by atoms with Crippen molar-refractivity contribution in [3.63, 3.8) is 0 Å². The van der Waals surface area contributed by atoms with Gasteiger partial charge in [0.15, 0.2) is 0 Å². The number of rotatable bonds is 8. The van der Waals surface area contributed by atoms with Gasteiger partial charge < -0.3 is 16.4 Å². The van der Waals surface area contributed by atoms with Crippen molar-refractivity contribution in [1.82, 2.24) is 9.47 Å². The molecule has 1 aromatic heterocycles. The molecule has 0 saturated carbocycles. The molecule has 0 aliphatic heterocycles. The zero-order chi connectivity index (χ0) is 16.8. The highest BCUT2D eigenvalue weighted by Crippen LogP contribution is 2.22. The van der Waals surface area contributed by atoms with Crippen LogP contribution in [0, 0.1) is 0 Å². The van der Waals surface area contributed by atoms with Gasteiger partial charge in [0.1, 0.15) is 0 Å². The number of hydrogen-bond donors (Lipinski definition) is 2. The number of carbonyl (C=O) groups excluding carboxylic acids is 1. The van der Waals surface area contributed by atoms with Crippen LogP contribution in [0.15, 0.2) is 30.5 Å². The van der Waals surface area contributed by atoms with Gasteiger partial charge in [-0.1, -0.05) is 24.6 Å². The summed E-state index contributed by atoms with van der Waals surface area (Å²) in [6.45, 7) is 1.59. The first-order valence-corrected chi connectivity index (χ1v) is 8.28. The van der Waals surface area contributed by atoms with Gasteiger partial charge in [-0.3, -0.25) is 9.36 Å². The van der Waals surface area contributed by atoms with Crippen LogP contribution in [-0.4, -0.2) is 48.6 Å². The van der Waals surface area contributed by atoms with Gasteiger partial charge >= 0.3 is 0 Å². The molecule has 1 atom stereocenters. The summed E-state index contributed by atoms with van der Waals surface area (Å²) < 4.78 is 1.73. The molecule has 23 heavy (non-hydrogen) atoms. The van der Waals surface area contributed by atoms with E-state index in [0.29, 0.717) is 13.0 Å².